The van der Waals surface area contributed by atoms with Gasteiger partial charge < -0.3 is 5.32 Å². The summed E-state index contributed by atoms with van der Waals surface area (Å²) >= 11 is 0. The first kappa shape index (κ1) is 11.9. The molecule has 2 rings (SSSR count). The summed E-state index contributed by atoms with van der Waals surface area (Å²) in [4.78, 5) is 0. The van der Waals surface area contributed by atoms with Crippen molar-refractivity contribution in [2.24, 2.45) is 7.05 Å². The zero-order valence-corrected chi connectivity index (χ0v) is 10.6. The molecule has 0 aliphatic heterocycles. The number of hydrogen-bond donors (Lipinski definition) is 1. The number of aromatic nitrogens is 4. The van der Waals surface area contributed by atoms with Crippen molar-refractivity contribution < 1.29 is 0 Å². The van der Waals surface area contributed by atoms with E-state index in [0.717, 1.165) is 36.6 Å². The van der Waals surface area contributed by atoms with Gasteiger partial charge in [-0.15, -0.1) is 0 Å². The van der Waals surface area contributed by atoms with Crippen LogP contribution in [-0.2, 0) is 13.6 Å². The lowest BCUT2D eigenvalue weighted by molar-refractivity contribution is 0.656. The number of hydrogen-bond acceptors (Lipinski definition) is 3. The fourth-order valence-electron chi connectivity index (χ4n) is 1.80. The highest BCUT2D eigenvalue weighted by Crippen LogP contribution is 2.11. The Labute approximate surface area is 101 Å². The van der Waals surface area contributed by atoms with Gasteiger partial charge in [0.1, 0.15) is 5.69 Å². The summed E-state index contributed by atoms with van der Waals surface area (Å²) in [5, 5.41) is 12.2. The second-order valence-corrected chi connectivity index (χ2v) is 4.20. The van der Waals surface area contributed by atoms with E-state index in [1.54, 1.807) is 4.68 Å². The van der Waals surface area contributed by atoms with E-state index in [0.29, 0.717) is 0 Å². The van der Waals surface area contributed by atoms with Crippen LogP contribution in [0.2, 0.25) is 0 Å². The third-order valence-electron chi connectivity index (χ3n) is 2.61. The predicted molar refractivity (Wildman–Crippen MR) is 67.1 cm³/mol. The van der Waals surface area contributed by atoms with Crippen molar-refractivity contribution in [3.63, 3.8) is 0 Å². The van der Waals surface area contributed by atoms with Crippen molar-refractivity contribution in [3.05, 3.63) is 29.8 Å². The first-order chi connectivity index (χ1) is 8.20. The van der Waals surface area contributed by atoms with Gasteiger partial charge in [0, 0.05) is 19.8 Å². The van der Waals surface area contributed by atoms with E-state index in [2.05, 4.69) is 22.4 Å². The van der Waals surface area contributed by atoms with Crippen LogP contribution in [0.1, 0.15) is 24.7 Å². The first-order valence-electron chi connectivity index (χ1n) is 5.96. The molecule has 0 bridgehead atoms. The molecule has 17 heavy (non-hydrogen) atoms. The van der Waals surface area contributed by atoms with Gasteiger partial charge in [-0.25, -0.2) is 4.68 Å². The van der Waals surface area contributed by atoms with E-state index >= 15 is 0 Å². The molecular formula is C12H19N5. The van der Waals surface area contributed by atoms with E-state index in [1.165, 1.54) is 0 Å². The van der Waals surface area contributed by atoms with Crippen LogP contribution < -0.4 is 5.32 Å². The van der Waals surface area contributed by atoms with E-state index in [4.69, 9.17) is 0 Å². The van der Waals surface area contributed by atoms with Crippen LogP contribution in [-0.4, -0.2) is 26.1 Å². The maximum atomic E-state index is 4.53. The van der Waals surface area contributed by atoms with Gasteiger partial charge in [-0.2, -0.15) is 10.2 Å². The Bertz CT molecular complexity index is 483. The van der Waals surface area contributed by atoms with Crippen LogP contribution in [0.5, 0.6) is 0 Å². The molecule has 0 saturated carbocycles. The molecule has 1 N–H and O–H groups in total. The van der Waals surface area contributed by atoms with E-state index in [1.807, 2.05) is 37.1 Å². The van der Waals surface area contributed by atoms with Gasteiger partial charge in [0.05, 0.1) is 17.6 Å². The molecule has 0 fully saturated rings. The minimum atomic E-state index is 0.820. The highest BCUT2D eigenvalue weighted by molar-refractivity contribution is 5.32. The maximum Gasteiger partial charge on any atom is 0.105 e. The lowest BCUT2D eigenvalue weighted by Crippen LogP contribution is -2.14. The molecule has 0 radical (unpaired) electrons. The smallest absolute Gasteiger partial charge is 0.105 e. The predicted octanol–water partition coefficient (Wildman–Crippen LogP) is 1.41. The zero-order valence-electron chi connectivity index (χ0n) is 10.6. The third-order valence-corrected chi connectivity index (χ3v) is 2.61. The van der Waals surface area contributed by atoms with Crippen molar-refractivity contribution in [1.29, 1.82) is 0 Å². The van der Waals surface area contributed by atoms with E-state index < -0.39 is 0 Å². The van der Waals surface area contributed by atoms with Crippen molar-refractivity contribution >= 4 is 0 Å². The van der Waals surface area contributed by atoms with Gasteiger partial charge in [0.2, 0.25) is 0 Å². The van der Waals surface area contributed by atoms with Gasteiger partial charge in [-0.1, -0.05) is 6.92 Å². The molecule has 0 aliphatic carbocycles. The zero-order chi connectivity index (χ0) is 12.3. The summed E-state index contributed by atoms with van der Waals surface area (Å²) < 4.78 is 3.69. The number of aryl methyl sites for hydroxylation is 2. The van der Waals surface area contributed by atoms with Gasteiger partial charge in [-0.05, 0) is 26.0 Å². The average molecular weight is 233 g/mol. The highest BCUT2D eigenvalue weighted by Gasteiger charge is 2.06. The Hall–Kier alpha value is -1.62. The van der Waals surface area contributed by atoms with Crippen molar-refractivity contribution in [2.75, 3.05) is 6.54 Å². The summed E-state index contributed by atoms with van der Waals surface area (Å²) in [6, 6.07) is 2.04. The van der Waals surface area contributed by atoms with E-state index in [9.17, 15) is 0 Å². The Morgan fingerprint density at radius 1 is 1.35 bits per heavy atom. The maximum absolute atomic E-state index is 4.53. The molecule has 2 aromatic heterocycles. The molecule has 0 aliphatic rings. The summed E-state index contributed by atoms with van der Waals surface area (Å²) in [5.74, 6) is 0. The lowest BCUT2D eigenvalue weighted by Gasteiger charge is -1.99. The Morgan fingerprint density at radius 3 is 2.82 bits per heavy atom. The minimum Gasteiger partial charge on any atom is -0.311 e. The van der Waals surface area contributed by atoms with Crippen LogP contribution in [0, 0.1) is 6.92 Å². The second-order valence-electron chi connectivity index (χ2n) is 4.20. The van der Waals surface area contributed by atoms with Gasteiger partial charge in [-0.3, -0.25) is 4.68 Å². The third kappa shape index (κ3) is 2.74. The number of nitrogens with one attached hydrogen (secondary N) is 1. The summed E-state index contributed by atoms with van der Waals surface area (Å²) in [6.45, 7) is 6.00. The average Bonchev–Trinajstić information content (AvgIpc) is 2.86. The van der Waals surface area contributed by atoms with Crippen LogP contribution in [0.25, 0.3) is 5.69 Å². The van der Waals surface area contributed by atoms with Crippen LogP contribution >= 0.6 is 0 Å². The SMILES string of the molecule is CCCNCc1ccn(-c2cn(C)nc2C)n1. The Kier molecular flexibility index (Phi) is 3.58. The largest absolute Gasteiger partial charge is 0.311 e. The standard InChI is InChI=1S/C12H19N5/c1-4-6-13-8-11-5-7-17(15-11)12-9-16(3)14-10(12)2/h5,7,9,13H,4,6,8H2,1-3H3. The molecular weight excluding hydrogens is 214 g/mol. The number of nitrogens with zero attached hydrogens (tertiary/aromatic N) is 4. The molecule has 92 valence electrons. The Balaban J connectivity index is 2.10. The monoisotopic (exact) mass is 233 g/mol. The van der Waals surface area contributed by atoms with E-state index in [-0.39, 0.29) is 0 Å². The molecule has 0 aromatic carbocycles. The first-order valence-corrected chi connectivity index (χ1v) is 5.96. The number of rotatable bonds is 5. The van der Waals surface area contributed by atoms with Crippen molar-refractivity contribution in [2.45, 2.75) is 26.8 Å². The molecule has 0 saturated heterocycles. The minimum absolute atomic E-state index is 0.820. The fourth-order valence-corrected chi connectivity index (χ4v) is 1.80. The molecule has 2 heterocycles. The molecule has 5 nitrogen and oxygen atoms in total. The molecule has 0 atom stereocenters. The van der Waals surface area contributed by atoms with Gasteiger partial charge in [0.25, 0.3) is 0 Å². The van der Waals surface area contributed by atoms with Gasteiger partial charge in [0.15, 0.2) is 0 Å². The van der Waals surface area contributed by atoms with Gasteiger partial charge >= 0.3 is 0 Å². The Morgan fingerprint density at radius 2 is 2.18 bits per heavy atom. The highest BCUT2D eigenvalue weighted by atomic mass is 15.3. The quantitative estimate of drug-likeness (QED) is 0.794. The topological polar surface area (TPSA) is 47.7 Å². The van der Waals surface area contributed by atoms with Crippen LogP contribution in [0.4, 0.5) is 0 Å². The van der Waals surface area contributed by atoms with Crippen LogP contribution in [0.15, 0.2) is 18.5 Å². The summed E-state index contributed by atoms with van der Waals surface area (Å²) in [6.07, 6.45) is 5.10. The molecule has 0 spiro atoms. The second kappa shape index (κ2) is 5.14. The molecule has 0 unspecified atom stereocenters. The lowest BCUT2D eigenvalue weighted by atomic mass is 10.4. The normalized spacial score (nSPS) is 11.0. The summed E-state index contributed by atoms with van der Waals surface area (Å²) in [5.41, 5.74) is 3.08. The van der Waals surface area contributed by atoms with Crippen molar-refractivity contribution in [3.8, 4) is 5.69 Å². The molecule has 5 heteroatoms. The fraction of sp³-hybridized carbons (Fsp3) is 0.500. The molecule has 0 amide bonds. The van der Waals surface area contributed by atoms with Crippen molar-refractivity contribution in [1.82, 2.24) is 24.9 Å². The summed E-state index contributed by atoms with van der Waals surface area (Å²) in [7, 11) is 1.92. The van der Waals surface area contributed by atoms with Crippen LogP contribution in [0.3, 0.4) is 0 Å². The molecule has 2 aromatic rings.